The monoisotopic (exact) mass is 268 g/mol. The molecule has 4 heteroatoms. The number of benzene rings is 2. The van der Waals surface area contributed by atoms with Crippen molar-refractivity contribution in [2.45, 2.75) is 0 Å². The fourth-order valence-electron chi connectivity index (χ4n) is 2.28. The van der Waals surface area contributed by atoms with Gasteiger partial charge in [0, 0.05) is 5.39 Å². The third-order valence-electron chi connectivity index (χ3n) is 3.16. The molecule has 3 rings (SSSR count). The molecule has 0 atom stereocenters. The number of hydrogen-bond donors (Lipinski definition) is 1. The van der Waals surface area contributed by atoms with Gasteiger partial charge in [-0.25, -0.2) is 4.79 Å². The molecule has 0 saturated heterocycles. The molecule has 0 amide bonds. The minimum atomic E-state index is -1.02. The number of para-hydroxylation sites is 2. The smallest absolute Gasteiger partial charge is 0.340 e. The van der Waals surface area contributed by atoms with E-state index in [1.807, 2.05) is 18.2 Å². The summed E-state index contributed by atoms with van der Waals surface area (Å²) in [5, 5.41) is 10.1. The van der Waals surface area contributed by atoms with Crippen molar-refractivity contribution in [2.75, 3.05) is 7.11 Å². The van der Waals surface area contributed by atoms with Gasteiger partial charge >= 0.3 is 5.97 Å². The number of aromatic carboxylic acids is 1. The predicted octanol–water partition coefficient (Wildman–Crippen LogP) is 3.81. The average Bonchev–Trinajstić information content (AvgIpc) is 2.86. The maximum absolute atomic E-state index is 11.6. The summed E-state index contributed by atoms with van der Waals surface area (Å²) in [6.45, 7) is 0. The molecule has 2 aromatic carbocycles. The Morgan fingerprint density at radius 1 is 1.10 bits per heavy atom. The Morgan fingerprint density at radius 2 is 1.80 bits per heavy atom. The van der Waals surface area contributed by atoms with E-state index in [9.17, 15) is 9.90 Å². The molecule has 0 radical (unpaired) electrons. The normalized spacial score (nSPS) is 10.7. The molecule has 20 heavy (non-hydrogen) atoms. The van der Waals surface area contributed by atoms with E-state index >= 15 is 0 Å². The third-order valence-corrected chi connectivity index (χ3v) is 3.16. The summed E-state index contributed by atoms with van der Waals surface area (Å²) in [6, 6.07) is 14.3. The number of ether oxygens (including phenoxy) is 1. The van der Waals surface area contributed by atoms with Gasteiger partial charge in [-0.1, -0.05) is 30.3 Å². The van der Waals surface area contributed by atoms with Crippen LogP contribution in [0.15, 0.2) is 52.9 Å². The summed E-state index contributed by atoms with van der Waals surface area (Å²) in [7, 11) is 1.54. The molecule has 4 nitrogen and oxygen atoms in total. The van der Waals surface area contributed by atoms with E-state index in [0.29, 0.717) is 28.0 Å². The molecule has 0 fully saturated rings. The molecule has 0 saturated carbocycles. The number of carbonyl (C=O) groups is 1. The van der Waals surface area contributed by atoms with Crippen LogP contribution < -0.4 is 4.74 Å². The highest BCUT2D eigenvalue weighted by atomic mass is 16.5. The summed E-state index contributed by atoms with van der Waals surface area (Å²) in [5.41, 5.74) is 1.33. The third kappa shape index (κ3) is 1.82. The van der Waals surface area contributed by atoms with Crippen LogP contribution in [-0.2, 0) is 0 Å². The van der Waals surface area contributed by atoms with E-state index in [-0.39, 0.29) is 5.56 Å². The minimum absolute atomic E-state index is 0.158. The lowest BCUT2D eigenvalue weighted by molar-refractivity contribution is 0.0699. The van der Waals surface area contributed by atoms with E-state index in [2.05, 4.69) is 0 Å². The van der Waals surface area contributed by atoms with Crippen LogP contribution in [0.5, 0.6) is 5.75 Å². The Labute approximate surface area is 115 Å². The van der Waals surface area contributed by atoms with E-state index in [0.717, 1.165) is 0 Å². The standard InChI is InChI=1S/C16H12O4/c1-19-12-8-4-3-7-11(12)15-14(16(17)18)10-6-2-5-9-13(10)20-15/h2-9H,1H3,(H,17,18). The lowest BCUT2D eigenvalue weighted by Gasteiger charge is -2.06. The molecule has 0 unspecified atom stereocenters. The second kappa shape index (κ2) is 4.74. The van der Waals surface area contributed by atoms with Crippen molar-refractivity contribution in [3.8, 4) is 17.1 Å². The number of methoxy groups -OCH3 is 1. The van der Waals surface area contributed by atoms with Gasteiger partial charge in [0.2, 0.25) is 0 Å². The Morgan fingerprint density at radius 3 is 2.55 bits per heavy atom. The van der Waals surface area contributed by atoms with Crippen LogP contribution in [-0.4, -0.2) is 18.2 Å². The van der Waals surface area contributed by atoms with Crippen LogP contribution in [0.4, 0.5) is 0 Å². The first-order valence-corrected chi connectivity index (χ1v) is 6.10. The maximum Gasteiger partial charge on any atom is 0.340 e. The van der Waals surface area contributed by atoms with Gasteiger partial charge < -0.3 is 14.3 Å². The molecular formula is C16H12O4. The molecule has 0 aliphatic carbocycles. The van der Waals surface area contributed by atoms with Crippen LogP contribution in [0.2, 0.25) is 0 Å². The first kappa shape index (κ1) is 12.3. The van der Waals surface area contributed by atoms with Crippen LogP contribution in [0, 0.1) is 0 Å². The lowest BCUT2D eigenvalue weighted by atomic mass is 10.0. The Kier molecular flexibility index (Phi) is 2.91. The average molecular weight is 268 g/mol. The van der Waals surface area contributed by atoms with Crippen molar-refractivity contribution < 1.29 is 19.1 Å². The number of furan rings is 1. The zero-order chi connectivity index (χ0) is 14.1. The number of fused-ring (bicyclic) bond motifs is 1. The highest BCUT2D eigenvalue weighted by Crippen LogP contribution is 2.37. The Balaban J connectivity index is 2.36. The second-order valence-corrected chi connectivity index (χ2v) is 4.31. The van der Waals surface area contributed by atoms with Crippen molar-refractivity contribution in [1.82, 2.24) is 0 Å². The van der Waals surface area contributed by atoms with Gasteiger partial charge in [-0.2, -0.15) is 0 Å². The molecule has 0 aliphatic heterocycles. The number of rotatable bonds is 3. The first-order chi connectivity index (χ1) is 9.72. The topological polar surface area (TPSA) is 59.7 Å². The summed E-state index contributed by atoms with van der Waals surface area (Å²) in [6.07, 6.45) is 0. The molecule has 100 valence electrons. The SMILES string of the molecule is COc1ccccc1-c1oc2ccccc2c1C(=O)O. The van der Waals surface area contributed by atoms with Crippen molar-refractivity contribution in [3.05, 3.63) is 54.1 Å². The van der Waals surface area contributed by atoms with Gasteiger partial charge in [-0.3, -0.25) is 0 Å². The van der Waals surface area contributed by atoms with E-state index < -0.39 is 5.97 Å². The number of hydrogen-bond acceptors (Lipinski definition) is 3. The molecule has 3 aromatic rings. The van der Waals surface area contributed by atoms with E-state index in [1.165, 1.54) is 0 Å². The molecule has 0 aliphatic rings. The van der Waals surface area contributed by atoms with Crippen molar-refractivity contribution >= 4 is 16.9 Å². The van der Waals surface area contributed by atoms with Gasteiger partial charge in [-0.15, -0.1) is 0 Å². The fourth-order valence-corrected chi connectivity index (χ4v) is 2.28. The lowest BCUT2D eigenvalue weighted by Crippen LogP contribution is -1.98. The highest BCUT2D eigenvalue weighted by molar-refractivity contribution is 6.08. The summed E-state index contributed by atoms with van der Waals surface area (Å²) >= 11 is 0. The molecule has 1 heterocycles. The van der Waals surface area contributed by atoms with Crippen LogP contribution >= 0.6 is 0 Å². The predicted molar refractivity (Wildman–Crippen MR) is 75.2 cm³/mol. The molecule has 0 spiro atoms. The Hall–Kier alpha value is -2.75. The molecular weight excluding hydrogens is 256 g/mol. The minimum Gasteiger partial charge on any atom is -0.496 e. The van der Waals surface area contributed by atoms with Crippen LogP contribution in [0.3, 0.4) is 0 Å². The van der Waals surface area contributed by atoms with Gasteiger partial charge in [0.05, 0.1) is 12.7 Å². The van der Waals surface area contributed by atoms with Crippen molar-refractivity contribution in [1.29, 1.82) is 0 Å². The zero-order valence-corrected chi connectivity index (χ0v) is 10.8. The maximum atomic E-state index is 11.6. The number of carboxylic acids is 1. The van der Waals surface area contributed by atoms with Crippen LogP contribution in [0.25, 0.3) is 22.3 Å². The van der Waals surface area contributed by atoms with Crippen LogP contribution in [0.1, 0.15) is 10.4 Å². The van der Waals surface area contributed by atoms with Crippen molar-refractivity contribution in [3.63, 3.8) is 0 Å². The number of carboxylic acid groups (broad SMARTS) is 1. The summed E-state index contributed by atoms with van der Waals surface area (Å²) < 4.78 is 11.0. The summed E-state index contributed by atoms with van der Waals surface area (Å²) in [4.78, 5) is 11.6. The van der Waals surface area contributed by atoms with Gasteiger partial charge in [-0.05, 0) is 18.2 Å². The largest absolute Gasteiger partial charge is 0.496 e. The molecule has 1 N–H and O–H groups in total. The Bertz CT molecular complexity index is 786. The quantitative estimate of drug-likeness (QED) is 0.784. The van der Waals surface area contributed by atoms with Gasteiger partial charge in [0.15, 0.2) is 5.76 Å². The summed E-state index contributed by atoms with van der Waals surface area (Å²) in [5.74, 6) is -0.124. The van der Waals surface area contributed by atoms with Gasteiger partial charge in [0.1, 0.15) is 16.9 Å². The zero-order valence-electron chi connectivity index (χ0n) is 10.8. The van der Waals surface area contributed by atoms with E-state index in [1.54, 1.807) is 37.4 Å². The van der Waals surface area contributed by atoms with E-state index in [4.69, 9.17) is 9.15 Å². The van der Waals surface area contributed by atoms with Gasteiger partial charge in [0.25, 0.3) is 0 Å². The fraction of sp³-hybridized carbons (Fsp3) is 0.0625. The highest BCUT2D eigenvalue weighted by Gasteiger charge is 2.23. The second-order valence-electron chi connectivity index (χ2n) is 4.31. The molecule has 0 bridgehead atoms. The first-order valence-electron chi connectivity index (χ1n) is 6.10. The molecule has 1 aromatic heterocycles. The van der Waals surface area contributed by atoms with Crippen molar-refractivity contribution in [2.24, 2.45) is 0 Å².